The van der Waals surface area contributed by atoms with Gasteiger partial charge in [0.05, 0.1) is 30.4 Å². The van der Waals surface area contributed by atoms with Crippen LogP contribution < -0.4 is 10.1 Å². The molecule has 2 aromatic heterocycles. The molecule has 1 amide bonds. The molecule has 0 saturated heterocycles. The van der Waals surface area contributed by atoms with E-state index in [1.807, 2.05) is 42.8 Å². The molecule has 0 saturated carbocycles. The van der Waals surface area contributed by atoms with Gasteiger partial charge in [-0.1, -0.05) is 0 Å². The first-order valence-electron chi connectivity index (χ1n) is 8.35. The third-order valence-electron chi connectivity index (χ3n) is 4.07. The smallest absolute Gasteiger partial charge is 0.220 e. The maximum atomic E-state index is 12.0. The summed E-state index contributed by atoms with van der Waals surface area (Å²) >= 11 is 0. The molecular weight excluding hydrogens is 318 g/mol. The number of carbonyl (C=O) groups excluding carboxylic acids is 1. The summed E-state index contributed by atoms with van der Waals surface area (Å²) in [7, 11) is 1.63. The molecular formula is C18H23N5O2. The number of benzene rings is 1. The number of nitrogens with zero attached hydrogens (tertiary/aromatic N) is 3. The monoisotopic (exact) mass is 341 g/mol. The summed E-state index contributed by atoms with van der Waals surface area (Å²) in [4.78, 5) is 19.7. The van der Waals surface area contributed by atoms with Crippen molar-refractivity contribution in [2.75, 3.05) is 7.11 Å². The zero-order valence-electron chi connectivity index (χ0n) is 14.8. The summed E-state index contributed by atoms with van der Waals surface area (Å²) in [6.07, 6.45) is 1.22. The quantitative estimate of drug-likeness (QED) is 0.691. The van der Waals surface area contributed by atoms with Crippen molar-refractivity contribution in [3.63, 3.8) is 0 Å². The van der Waals surface area contributed by atoms with Gasteiger partial charge in [0.25, 0.3) is 0 Å². The van der Waals surface area contributed by atoms with Gasteiger partial charge in [-0.2, -0.15) is 5.10 Å². The molecule has 2 N–H and O–H groups in total. The molecule has 0 bridgehead atoms. The van der Waals surface area contributed by atoms with E-state index >= 15 is 0 Å². The molecule has 7 heteroatoms. The summed E-state index contributed by atoms with van der Waals surface area (Å²) in [5.74, 6) is 1.52. The van der Waals surface area contributed by atoms with Gasteiger partial charge < -0.3 is 15.0 Å². The summed E-state index contributed by atoms with van der Waals surface area (Å²) in [5.41, 5.74) is 3.88. The van der Waals surface area contributed by atoms with Crippen LogP contribution >= 0.6 is 0 Å². The average Bonchev–Trinajstić information content (AvgIpc) is 3.14. The molecule has 2 heterocycles. The number of nitrogens with one attached hydrogen (secondary N) is 2. The fraction of sp³-hybridized carbons (Fsp3) is 0.389. The predicted octanol–water partition coefficient (Wildman–Crippen LogP) is 2.48. The highest BCUT2D eigenvalue weighted by Gasteiger charge is 2.07. The van der Waals surface area contributed by atoms with Gasteiger partial charge in [-0.3, -0.25) is 9.48 Å². The molecule has 0 radical (unpaired) electrons. The van der Waals surface area contributed by atoms with Crippen LogP contribution in [0.5, 0.6) is 5.75 Å². The van der Waals surface area contributed by atoms with Crippen molar-refractivity contribution in [2.45, 2.75) is 39.8 Å². The Hall–Kier alpha value is -2.83. The molecule has 7 nitrogen and oxygen atoms in total. The number of aryl methyl sites for hydroxylation is 3. The third-order valence-corrected chi connectivity index (χ3v) is 4.07. The lowest BCUT2D eigenvalue weighted by atomic mass is 10.3. The van der Waals surface area contributed by atoms with E-state index < -0.39 is 0 Å². The topological polar surface area (TPSA) is 84.8 Å². The van der Waals surface area contributed by atoms with E-state index in [1.165, 1.54) is 0 Å². The van der Waals surface area contributed by atoms with E-state index in [9.17, 15) is 4.79 Å². The first-order chi connectivity index (χ1) is 12.0. The Morgan fingerprint density at radius 1 is 1.32 bits per heavy atom. The number of amides is 1. The van der Waals surface area contributed by atoms with Crippen LogP contribution in [0, 0.1) is 13.8 Å². The third kappa shape index (κ3) is 4.17. The fourth-order valence-electron chi connectivity index (χ4n) is 2.81. The van der Waals surface area contributed by atoms with Gasteiger partial charge >= 0.3 is 0 Å². The predicted molar refractivity (Wildman–Crippen MR) is 95.4 cm³/mol. The zero-order chi connectivity index (χ0) is 17.8. The molecule has 1 aromatic carbocycles. The largest absolute Gasteiger partial charge is 0.497 e. The molecule has 25 heavy (non-hydrogen) atoms. The van der Waals surface area contributed by atoms with Crippen LogP contribution in [-0.4, -0.2) is 32.8 Å². The summed E-state index contributed by atoms with van der Waals surface area (Å²) < 4.78 is 7.14. The molecule has 0 aliphatic rings. The Kier molecular flexibility index (Phi) is 5.02. The van der Waals surface area contributed by atoms with Crippen molar-refractivity contribution < 1.29 is 9.53 Å². The number of rotatable bonds is 7. The lowest BCUT2D eigenvalue weighted by Gasteiger charge is -2.05. The number of fused-ring (bicyclic) bond motifs is 1. The van der Waals surface area contributed by atoms with E-state index in [2.05, 4.69) is 20.4 Å². The molecule has 3 rings (SSSR count). The van der Waals surface area contributed by atoms with E-state index in [0.717, 1.165) is 47.0 Å². The first kappa shape index (κ1) is 17.0. The molecule has 0 aliphatic heterocycles. The second kappa shape index (κ2) is 7.38. The van der Waals surface area contributed by atoms with Crippen LogP contribution in [0.3, 0.4) is 0 Å². The summed E-state index contributed by atoms with van der Waals surface area (Å²) in [6, 6.07) is 7.69. The molecule has 0 fully saturated rings. The molecule has 132 valence electrons. The Morgan fingerprint density at radius 3 is 2.88 bits per heavy atom. The van der Waals surface area contributed by atoms with Crippen molar-refractivity contribution in [3.05, 3.63) is 41.5 Å². The van der Waals surface area contributed by atoms with Crippen LogP contribution in [0.1, 0.15) is 30.1 Å². The lowest BCUT2D eigenvalue weighted by Crippen LogP contribution is -2.23. The number of hydrogen-bond donors (Lipinski definition) is 2. The molecule has 0 atom stereocenters. The first-order valence-corrected chi connectivity index (χ1v) is 8.35. The molecule has 0 aliphatic carbocycles. The highest BCUT2D eigenvalue weighted by atomic mass is 16.5. The second-order valence-corrected chi connectivity index (χ2v) is 6.10. The standard InChI is InChI=1S/C18H23N5O2/c1-12-9-13(2)23(22-12)8-4-5-18(24)19-11-17-20-15-7-6-14(25-3)10-16(15)21-17/h6-7,9-10H,4-5,8,11H2,1-3H3,(H,19,24)(H,20,21). The van der Waals surface area contributed by atoms with Crippen LogP contribution in [0.4, 0.5) is 0 Å². The summed E-state index contributed by atoms with van der Waals surface area (Å²) in [6.45, 7) is 5.13. The molecule has 0 unspecified atom stereocenters. The second-order valence-electron chi connectivity index (χ2n) is 6.10. The minimum absolute atomic E-state index is 0.0135. The molecule has 0 spiro atoms. The Balaban J connectivity index is 1.48. The maximum Gasteiger partial charge on any atom is 0.220 e. The van der Waals surface area contributed by atoms with Crippen molar-refractivity contribution in [1.29, 1.82) is 0 Å². The number of hydrogen-bond acceptors (Lipinski definition) is 4. The number of aromatic amines is 1. The summed E-state index contributed by atoms with van der Waals surface area (Å²) in [5, 5.41) is 7.30. The van der Waals surface area contributed by atoms with Crippen LogP contribution in [0.2, 0.25) is 0 Å². The normalized spacial score (nSPS) is 11.0. The van der Waals surface area contributed by atoms with Gasteiger partial charge in [0.2, 0.25) is 5.91 Å². The van der Waals surface area contributed by atoms with Crippen molar-refractivity contribution in [3.8, 4) is 5.75 Å². The minimum atomic E-state index is 0.0135. The van der Waals surface area contributed by atoms with Crippen LogP contribution in [0.25, 0.3) is 11.0 Å². The van der Waals surface area contributed by atoms with Crippen molar-refractivity contribution >= 4 is 16.9 Å². The van der Waals surface area contributed by atoms with Crippen molar-refractivity contribution in [2.24, 2.45) is 0 Å². The molecule has 3 aromatic rings. The lowest BCUT2D eigenvalue weighted by molar-refractivity contribution is -0.121. The van der Waals surface area contributed by atoms with E-state index in [0.29, 0.717) is 13.0 Å². The van der Waals surface area contributed by atoms with Gasteiger partial charge in [-0.15, -0.1) is 0 Å². The SMILES string of the molecule is COc1ccc2nc(CNC(=O)CCCn3nc(C)cc3C)[nH]c2c1. The van der Waals surface area contributed by atoms with Gasteiger partial charge in [-0.05, 0) is 38.5 Å². The Bertz CT molecular complexity index is 881. The fourth-order valence-corrected chi connectivity index (χ4v) is 2.81. The van der Waals surface area contributed by atoms with Gasteiger partial charge in [0, 0.05) is 24.7 Å². The van der Waals surface area contributed by atoms with E-state index in [1.54, 1.807) is 7.11 Å². The average molecular weight is 341 g/mol. The highest BCUT2D eigenvalue weighted by molar-refractivity contribution is 5.77. The highest BCUT2D eigenvalue weighted by Crippen LogP contribution is 2.18. The number of H-pyrrole nitrogens is 1. The number of methoxy groups -OCH3 is 1. The maximum absolute atomic E-state index is 12.0. The Labute approximate surface area is 146 Å². The number of imidazole rings is 1. The zero-order valence-corrected chi connectivity index (χ0v) is 14.8. The van der Waals surface area contributed by atoms with E-state index in [4.69, 9.17) is 4.74 Å². The number of aromatic nitrogens is 4. The van der Waals surface area contributed by atoms with E-state index in [-0.39, 0.29) is 5.91 Å². The van der Waals surface area contributed by atoms with Gasteiger partial charge in [0.15, 0.2) is 0 Å². The van der Waals surface area contributed by atoms with Gasteiger partial charge in [0.1, 0.15) is 11.6 Å². The minimum Gasteiger partial charge on any atom is -0.497 e. The van der Waals surface area contributed by atoms with Crippen molar-refractivity contribution in [1.82, 2.24) is 25.1 Å². The number of ether oxygens (including phenoxy) is 1. The van der Waals surface area contributed by atoms with Gasteiger partial charge in [-0.25, -0.2) is 4.98 Å². The number of carbonyl (C=O) groups is 1. The van der Waals surface area contributed by atoms with Crippen LogP contribution in [0.15, 0.2) is 24.3 Å². The Morgan fingerprint density at radius 2 is 2.16 bits per heavy atom. The van der Waals surface area contributed by atoms with Crippen LogP contribution in [-0.2, 0) is 17.9 Å².